The molecule has 1 spiro atoms. The van der Waals surface area contributed by atoms with Gasteiger partial charge in [0.05, 0.1) is 17.0 Å². The summed E-state index contributed by atoms with van der Waals surface area (Å²) in [6.45, 7) is 2.06. The van der Waals surface area contributed by atoms with Crippen molar-refractivity contribution in [2.24, 2.45) is 5.92 Å². The van der Waals surface area contributed by atoms with Crippen molar-refractivity contribution in [3.05, 3.63) is 58.7 Å². The zero-order chi connectivity index (χ0) is 29.6. The highest BCUT2D eigenvalue weighted by Gasteiger charge is 2.74. The van der Waals surface area contributed by atoms with Gasteiger partial charge in [-0.15, -0.1) is 0 Å². The van der Waals surface area contributed by atoms with Crippen molar-refractivity contribution in [3.8, 4) is 23.3 Å². The van der Waals surface area contributed by atoms with Crippen LogP contribution in [0.2, 0.25) is 0 Å². The molecule has 2 aromatic carbocycles. The van der Waals surface area contributed by atoms with Crippen LogP contribution in [0.5, 0.6) is 11.5 Å². The highest BCUT2D eigenvalue weighted by atomic mass is 19.4. The smallest absolute Gasteiger partial charge is 0.416 e. The fraction of sp³-hybridized carbons (Fsp3) is 0.545. The number of amides is 1. The highest BCUT2D eigenvalue weighted by molar-refractivity contribution is 5.94. The number of likely N-dealkylation sites (tertiary alicyclic amines) is 1. The van der Waals surface area contributed by atoms with Crippen molar-refractivity contribution in [1.29, 1.82) is 0 Å². The predicted octanol–water partition coefficient (Wildman–Crippen LogP) is 4.42. The molecule has 0 unspecified atom stereocenters. The molecule has 0 radical (unpaired) electrons. The number of benzene rings is 2. The summed E-state index contributed by atoms with van der Waals surface area (Å²) in [6.07, 6.45) is 1.17. The van der Waals surface area contributed by atoms with Crippen LogP contribution in [0.15, 0.2) is 36.4 Å². The van der Waals surface area contributed by atoms with Crippen molar-refractivity contribution in [2.75, 3.05) is 34.2 Å². The van der Waals surface area contributed by atoms with E-state index >= 15 is 0 Å². The van der Waals surface area contributed by atoms with Crippen molar-refractivity contribution < 1.29 is 27.8 Å². The summed E-state index contributed by atoms with van der Waals surface area (Å²) in [7, 11) is 6.08. The second kappa shape index (κ2) is 9.39. The van der Waals surface area contributed by atoms with Crippen LogP contribution >= 0.6 is 0 Å². The molecule has 5 atom stereocenters. The van der Waals surface area contributed by atoms with Gasteiger partial charge in [0.1, 0.15) is 6.10 Å². The van der Waals surface area contributed by atoms with E-state index in [0.29, 0.717) is 23.8 Å². The van der Waals surface area contributed by atoms with Gasteiger partial charge < -0.3 is 19.6 Å². The summed E-state index contributed by atoms with van der Waals surface area (Å²) < 4.78 is 45.6. The number of rotatable bonds is 4. The number of hydrogen-bond acceptors (Lipinski definition) is 5. The molecule has 1 amide bonds. The van der Waals surface area contributed by atoms with Gasteiger partial charge in [-0.2, -0.15) is 13.2 Å². The Labute approximate surface area is 244 Å². The first-order chi connectivity index (χ1) is 20.0. The van der Waals surface area contributed by atoms with E-state index in [-0.39, 0.29) is 23.4 Å². The van der Waals surface area contributed by atoms with Gasteiger partial charge in [-0.3, -0.25) is 9.69 Å². The first kappa shape index (κ1) is 27.6. The molecule has 7 rings (SSSR count). The van der Waals surface area contributed by atoms with Gasteiger partial charge >= 0.3 is 6.18 Å². The van der Waals surface area contributed by atoms with Crippen molar-refractivity contribution >= 4 is 5.91 Å². The SMILES string of the molecule is CN(C(=O)C#Cc1ccc(C(F)(F)F)cc1)[C@@H]1CC[C@@]2(N(C)C)[C@H]3Cc4ccc(O)c5c4[C@@]2(CCN3CC2CC2)[C@H]1O5. The molecule has 2 aromatic rings. The molecule has 2 saturated carbocycles. The Bertz CT molecular complexity index is 1490. The number of carbonyl (C=O) groups is 1. The highest BCUT2D eigenvalue weighted by Crippen LogP contribution is 2.67. The molecule has 6 nitrogen and oxygen atoms in total. The maximum absolute atomic E-state index is 13.4. The molecule has 1 N–H and O–H groups in total. The van der Waals surface area contributed by atoms with Gasteiger partial charge in [0.15, 0.2) is 11.5 Å². The number of ether oxygens (including phenoxy) is 1. The van der Waals surface area contributed by atoms with Gasteiger partial charge in [0.25, 0.3) is 5.91 Å². The predicted molar refractivity (Wildman–Crippen MR) is 151 cm³/mol. The van der Waals surface area contributed by atoms with Crippen LogP contribution in [0.25, 0.3) is 0 Å². The summed E-state index contributed by atoms with van der Waals surface area (Å²) >= 11 is 0. The molecule has 1 saturated heterocycles. The fourth-order valence-corrected chi connectivity index (χ4v) is 8.88. The van der Waals surface area contributed by atoms with Crippen LogP contribution in [0, 0.1) is 17.8 Å². The number of aromatic hydroxyl groups is 1. The fourth-order valence-electron chi connectivity index (χ4n) is 8.88. The van der Waals surface area contributed by atoms with E-state index in [4.69, 9.17) is 4.74 Å². The minimum Gasteiger partial charge on any atom is -0.504 e. The number of alkyl halides is 3. The molecule has 3 fully saturated rings. The van der Waals surface area contributed by atoms with Gasteiger partial charge in [0.2, 0.25) is 0 Å². The van der Waals surface area contributed by atoms with Gasteiger partial charge in [-0.05, 0) is 101 Å². The Morgan fingerprint density at radius 1 is 1.10 bits per heavy atom. The standard InChI is InChI=1S/C33H36F3N3O3/c1-37(2)32-15-14-24(38(3)27(41)13-8-20-6-10-23(11-7-20)33(34,35)36)30-31(32)16-17-39(19-21-4-5-21)26(32)18-22-9-12-25(40)29(42-30)28(22)31/h6-7,9-12,21,24,26,30,40H,4-5,14-19H2,1-3H3/t24-,26-,30+,31+,32-/m1/s1. The van der Waals surface area contributed by atoms with E-state index in [0.717, 1.165) is 56.0 Å². The van der Waals surface area contributed by atoms with E-state index in [9.17, 15) is 23.1 Å². The van der Waals surface area contributed by atoms with Crippen LogP contribution in [0.3, 0.4) is 0 Å². The lowest BCUT2D eigenvalue weighted by Gasteiger charge is -2.69. The minimum absolute atomic E-state index is 0.138. The Morgan fingerprint density at radius 2 is 1.83 bits per heavy atom. The molecule has 2 heterocycles. The average Bonchev–Trinajstić information content (AvgIpc) is 3.71. The topological polar surface area (TPSA) is 56.2 Å². The molecule has 0 aromatic heterocycles. The lowest BCUT2D eigenvalue weighted by atomic mass is 9.46. The minimum atomic E-state index is -4.43. The van der Waals surface area contributed by atoms with E-state index in [1.807, 2.05) is 0 Å². The number of carbonyl (C=O) groups excluding carboxylic acids is 1. The number of hydrogen-bond donors (Lipinski definition) is 1. The van der Waals surface area contributed by atoms with Crippen LogP contribution in [-0.4, -0.2) is 83.7 Å². The number of phenolic OH excluding ortho intramolecular Hbond substituents is 1. The molecule has 3 aliphatic carbocycles. The van der Waals surface area contributed by atoms with Crippen molar-refractivity contribution in [2.45, 2.75) is 73.8 Å². The molecule has 2 aliphatic heterocycles. The number of nitrogens with zero attached hydrogens (tertiary/aromatic N) is 3. The van der Waals surface area contributed by atoms with Crippen molar-refractivity contribution in [1.82, 2.24) is 14.7 Å². The molecule has 42 heavy (non-hydrogen) atoms. The van der Waals surface area contributed by atoms with E-state index in [1.54, 1.807) is 18.0 Å². The third-order valence-corrected chi connectivity index (χ3v) is 10.9. The zero-order valence-corrected chi connectivity index (χ0v) is 24.2. The van der Waals surface area contributed by atoms with Gasteiger partial charge in [0, 0.05) is 42.2 Å². The van der Waals surface area contributed by atoms with E-state index in [2.05, 4.69) is 41.8 Å². The average molecular weight is 580 g/mol. The van der Waals surface area contributed by atoms with Crippen molar-refractivity contribution in [3.63, 3.8) is 0 Å². The van der Waals surface area contributed by atoms with Crippen LogP contribution in [0.4, 0.5) is 13.2 Å². The Hall–Kier alpha value is -3.22. The molecule has 2 bridgehead atoms. The summed E-state index contributed by atoms with van der Waals surface area (Å²) in [5, 5.41) is 11.0. The third kappa shape index (κ3) is 3.84. The Morgan fingerprint density at radius 3 is 2.50 bits per heavy atom. The Kier molecular flexibility index (Phi) is 6.17. The second-order valence-corrected chi connectivity index (χ2v) is 13.0. The summed E-state index contributed by atoms with van der Waals surface area (Å²) in [6, 6.07) is 8.34. The second-order valence-electron chi connectivity index (χ2n) is 13.0. The molecular weight excluding hydrogens is 543 g/mol. The lowest BCUT2D eigenvalue weighted by molar-refractivity contribution is -0.160. The maximum atomic E-state index is 13.4. The zero-order valence-electron chi connectivity index (χ0n) is 24.2. The number of halogens is 3. The lowest BCUT2D eigenvalue weighted by Crippen LogP contribution is -2.82. The molecule has 9 heteroatoms. The maximum Gasteiger partial charge on any atom is 0.416 e. The van der Waals surface area contributed by atoms with E-state index < -0.39 is 23.1 Å². The van der Waals surface area contributed by atoms with Crippen LogP contribution < -0.4 is 4.74 Å². The number of likely N-dealkylation sites (N-methyl/N-ethyl adjacent to an activating group) is 2. The van der Waals surface area contributed by atoms with E-state index in [1.165, 1.54) is 30.5 Å². The Balaban J connectivity index is 1.24. The monoisotopic (exact) mass is 579 g/mol. The summed E-state index contributed by atoms with van der Waals surface area (Å²) in [4.78, 5) is 20.2. The number of phenols is 1. The normalized spacial score (nSPS) is 31.2. The van der Waals surface area contributed by atoms with Crippen LogP contribution in [-0.2, 0) is 22.8 Å². The first-order valence-corrected chi connectivity index (χ1v) is 14.9. The quantitative estimate of drug-likeness (QED) is 0.544. The largest absolute Gasteiger partial charge is 0.504 e. The first-order valence-electron chi connectivity index (χ1n) is 14.9. The van der Waals surface area contributed by atoms with Gasteiger partial charge in [-0.1, -0.05) is 12.0 Å². The number of piperidine rings is 1. The van der Waals surface area contributed by atoms with Gasteiger partial charge in [-0.25, -0.2) is 0 Å². The molecule has 5 aliphatic rings. The third-order valence-electron chi connectivity index (χ3n) is 10.9. The molecular formula is C33H36F3N3O3. The summed E-state index contributed by atoms with van der Waals surface area (Å²) in [5.41, 5.74) is 1.31. The van der Waals surface area contributed by atoms with Crippen LogP contribution in [0.1, 0.15) is 54.4 Å². The molecule has 222 valence electrons. The summed E-state index contributed by atoms with van der Waals surface area (Å²) in [5.74, 6) is 6.47.